The number of carbonyl (C=O) groups is 1. The van der Waals surface area contributed by atoms with Crippen LogP contribution in [-0.4, -0.2) is 34.9 Å². The maximum atomic E-state index is 12.9. The summed E-state index contributed by atoms with van der Waals surface area (Å²) in [6.07, 6.45) is 0.907. The summed E-state index contributed by atoms with van der Waals surface area (Å²) in [5.41, 5.74) is 2.32. The number of para-hydroxylation sites is 1. The van der Waals surface area contributed by atoms with E-state index < -0.39 is 0 Å². The molecule has 1 atom stereocenters. The van der Waals surface area contributed by atoms with E-state index in [9.17, 15) is 4.79 Å². The van der Waals surface area contributed by atoms with Crippen molar-refractivity contribution in [3.05, 3.63) is 64.3 Å². The molecule has 1 aliphatic rings. The van der Waals surface area contributed by atoms with Gasteiger partial charge in [-0.1, -0.05) is 41.4 Å². The van der Waals surface area contributed by atoms with Gasteiger partial charge >= 0.3 is 0 Å². The van der Waals surface area contributed by atoms with Crippen molar-refractivity contribution < 1.29 is 4.79 Å². The van der Waals surface area contributed by atoms with E-state index in [-0.39, 0.29) is 11.9 Å². The topological polar surface area (TPSA) is 48.1 Å². The zero-order valence-electron chi connectivity index (χ0n) is 13.4. The number of nitrogens with one attached hydrogen (secondary N) is 2. The molecular weight excluding hydrogens is 357 g/mol. The van der Waals surface area contributed by atoms with Crippen LogP contribution in [0.2, 0.25) is 10.0 Å². The van der Waals surface area contributed by atoms with Crippen LogP contribution < -0.4 is 5.32 Å². The third kappa shape index (κ3) is 3.20. The van der Waals surface area contributed by atoms with Crippen molar-refractivity contribution in [1.82, 2.24) is 9.88 Å². The zero-order chi connectivity index (χ0) is 17.4. The fraction of sp³-hybridized carbons (Fsp3) is 0.211. The van der Waals surface area contributed by atoms with Crippen molar-refractivity contribution in [2.24, 2.45) is 0 Å². The number of fused-ring (bicyclic) bond motifs is 1. The first-order valence-electron chi connectivity index (χ1n) is 8.19. The number of rotatable bonds is 3. The summed E-state index contributed by atoms with van der Waals surface area (Å²) >= 11 is 12.4. The Morgan fingerprint density at radius 2 is 1.96 bits per heavy atom. The first-order valence-corrected chi connectivity index (χ1v) is 8.95. The number of aromatic amines is 1. The first-order chi connectivity index (χ1) is 12.1. The number of halogens is 2. The predicted molar refractivity (Wildman–Crippen MR) is 103 cm³/mol. The van der Waals surface area contributed by atoms with Crippen LogP contribution in [0.4, 0.5) is 5.69 Å². The quantitative estimate of drug-likeness (QED) is 0.692. The number of carbonyl (C=O) groups excluding carboxylic acids is 1. The van der Waals surface area contributed by atoms with Crippen molar-refractivity contribution in [2.75, 3.05) is 18.4 Å². The number of aromatic nitrogens is 1. The van der Waals surface area contributed by atoms with Crippen LogP contribution in [0.5, 0.6) is 0 Å². The first kappa shape index (κ1) is 16.3. The summed E-state index contributed by atoms with van der Waals surface area (Å²) < 4.78 is 0. The van der Waals surface area contributed by atoms with Gasteiger partial charge in [0, 0.05) is 40.7 Å². The van der Waals surface area contributed by atoms with Crippen LogP contribution in [0.3, 0.4) is 0 Å². The molecule has 1 aromatic heterocycles. The van der Waals surface area contributed by atoms with Crippen molar-refractivity contribution in [3.8, 4) is 0 Å². The molecule has 6 heteroatoms. The third-order valence-electron chi connectivity index (χ3n) is 4.53. The van der Waals surface area contributed by atoms with E-state index in [1.54, 1.807) is 12.1 Å². The van der Waals surface area contributed by atoms with Crippen LogP contribution in [0.1, 0.15) is 16.9 Å². The SMILES string of the molecule is O=C(c1[nH]c2ccc(Cl)cc2c1Cl)N1CCC(Nc2ccccc2)C1. The molecule has 0 spiro atoms. The number of hydrogen-bond donors (Lipinski definition) is 2. The summed E-state index contributed by atoms with van der Waals surface area (Å²) in [5.74, 6) is -0.0744. The second-order valence-corrected chi connectivity index (χ2v) is 7.07. The Hall–Kier alpha value is -2.17. The van der Waals surface area contributed by atoms with E-state index >= 15 is 0 Å². The highest BCUT2D eigenvalue weighted by Gasteiger charge is 2.29. The Morgan fingerprint density at radius 1 is 1.16 bits per heavy atom. The van der Waals surface area contributed by atoms with Crippen LogP contribution in [0.25, 0.3) is 10.9 Å². The zero-order valence-corrected chi connectivity index (χ0v) is 14.9. The second-order valence-electron chi connectivity index (χ2n) is 6.25. The van der Waals surface area contributed by atoms with Crippen molar-refractivity contribution in [2.45, 2.75) is 12.5 Å². The molecule has 1 aliphatic heterocycles. The molecule has 3 aromatic rings. The average Bonchev–Trinajstić information content (AvgIpc) is 3.21. The summed E-state index contributed by atoms with van der Waals surface area (Å²) in [4.78, 5) is 17.8. The molecule has 2 aromatic carbocycles. The number of anilines is 1. The molecule has 2 N–H and O–H groups in total. The van der Waals surface area contributed by atoms with Gasteiger partial charge in [0.05, 0.1) is 5.02 Å². The van der Waals surface area contributed by atoms with Gasteiger partial charge in [0.15, 0.2) is 0 Å². The van der Waals surface area contributed by atoms with Crippen molar-refractivity contribution in [3.63, 3.8) is 0 Å². The number of H-pyrrole nitrogens is 1. The van der Waals surface area contributed by atoms with E-state index in [0.717, 1.165) is 23.0 Å². The van der Waals surface area contributed by atoms with Crippen LogP contribution in [0, 0.1) is 0 Å². The minimum atomic E-state index is -0.0744. The minimum absolute atomic E-state index is 0.0744. The molecule has 0 aliphatic carbocycles. The van der Waals surface area contributed by atoms with Crippen molar-refractivity contribution >= 4 is 45.7 Å². The second kappa shape index (κ2) is 6.62. The lowest BCUT2D eigenvalue weighted by molar-refractivity contribution is 0.0787. The molecule has 1 fully saturated rings. The van der Waals surface area contributed by atoms with Crippen LogP contribution in [-0.2, 0) is 0 Å². The minimum Gasteiger partial charge on any atom is -0.380 e. The summed E-state index contributed by atoms with van der Waals surface area (Å²) in [7, 11) is 0. The molecule has 4 rings (SSSR count). The molecular formula is C19H17Cl2N3O. The van der Waals surface area contributed by atoms with Gasteiger partial charge in [-0.2, -0.15) is 0 Å². The molecule has 2 heterocycles. The number of amides is 1. The molecule has 25 heavy (non-hydrogen) atoms. The number of likely N-dealkylation sites (tertiary alicyclic amines) is 1. The monoisotopic (exact) mass is 373 g/mol. The molecule has 0 radical (unpaired) electrons. The van der Waals surface area contributed by atoms with E-state index in [0.29, 0.717) is 28.8 Å². The van der Waals surface area contributed by atoms with Gasteiger partial charge in [-0.15, -0.1) is 0 Å². The standard InChI is InChI=1S/C19H17Cl2N3O/c20-12-6-7-16-15(10-12)17(21)18(23-16)19(25)24-9-8-14(11-24)22-13-4-2-1-3-5-13/h1-7,10,14,22-23H,8-9,11H2. The van der Waals surface area contributed by atoms with E-state index in [2.05, 4.69) is 10.3 Å². The van der Waals surface area contributed by atoms with Gasteiger partial charge in [-0.25, -0.2) is 0 Å². The molecule has 1 saturated heterocycles. The summed E-state index contributed by atoms with van der Waals surface area (Å²) in [5, 5.41) is 5.28. The number of benzene rings is 2. The smallest absolute Gasteiger partial charge is 0.271 e. The van der Waals surface area contributed by atoms with Crippen LogP contribution >= 0.6 is 23.2 Å². The normalized spacial score (nSPS) is 17.2. The molecule has 1 amide bonds. The van der Waals surface area contributed by atoms with Gasteiger partial charge in [-0.05, 0) is 36.8 Å². The Kier molecular flexibility index (Phi) is 4.32. The van der Waals surface area contributed by atoms with Gasteiger partial charge in [0.2, 0.25) is 0 Å². The fourth-order valence-electron chi connectivity index (χ4n) is 3.27. The largest absolute Gasteiger partial charge is 0.380 e. The summed E-state index contributed by atoms with van der Waals surface area (Å²) in [6.45, 7) is 1.36. The van der Waals surface area contributed by atoms with E-state index in [1.807, 2.05) is 41.3 Å². The van der Waals surface area contributed by atoms with Gasteiger partial charge < -0.3 is 15.2 Å². The van der Waals surface area contributed by atoms with Crippen molar-refractivity contribution in [1.29, 1.82) is 0 Å². The van der Waals surface area contributed by atoms with E-state index in [4.69, 9.17) is 23.2 Å². The highest BCUT2D eigenvalue weighted by molar-refractivity contribution is 6.39. The number of hydrogen-bond acceptors (Lipinski definition) is 2. The molecule has 0 saturated carbocycles. The Morgan fingerprint density at radius 3 is 2.76 bits per heavy atom. The van der Waals surface area contributed by atoms with Gasteiger partial charge in [-0.3, -0.25) is 4.79 Å². The Labute approximate surface area is 155 Å². The lowest BCUT2D eigenvalue weighted by Gasteiger charge is -2.17. The fourth-order valence-corrected chi connectivity index (χ4v) is 3.73. The maximum Gasteiger partial charge on any atom is 0.271 e. The Balaban J connectivity index is 1.51. The number of nitrogens with zero attached hydrogens (tertiary/aromatic N) is 1. The third-order valence-corrected chi connectivity index (χ3v) is 5.16. The lowest BCUT2D eigenvalue weighted by atomic mass is 10.2. The molecule has 4 nitrogen and oxygen atoms in total. The van der Waals surface area contributed by atoms with Crippen LogP contribution in [0.15, 0.2) is 48.5 Å². The lowest BCUT2D eigenvalue weighted by Crippen LogP contribution is -2.31. The molecule has 1 unspecified atom stereocenters. The Bertz CT molecular complexity index is 923. The molecule has 128 valence electrons. The van der Waals surface area contributed by atoms with E-state index in [1.165, 1.54) is 0 Å². The predicted octanol–water partition coefficient (Wildman–Crippen LogP) is 4.80. The van der Waals surface area contributed by atoms with Gasteiger partial charge in [0.25, 0.3) is 5.91 Å². The highest BCUT2D eigenvalue weighted by atomic mass is 35.5. The maximum absolute atomic E-state index is 12.9. The highest BCUT2D eigenvalue weighted by Crippen LogP contribution is 2.31. The molecule has 0 bridgehead atoms. The average molecular weight is 374 g/mol. The van der Waals surface area contributed by atoms with Gasteiger partial charge in [0.1, 0.15) is 5.69 Å². The summed E-state index contributed by atoms with van der Waals surface area (Å²) in [6, 6.07) is 15.7.